The number of halogens is 1. The van der Waals surface area contributed by atoms with Gasteiger partial charge in [-0.05, 0) is 50.5 Å². The molecule has 7 heteroatoms. The van der Waals surface area contributed by atoms with Crippen LogP contribution in [0.1, 0.15) is 60.3 Å². The van der Waals surface area contributed by atoms with E-state index < -0.39 is 11.7 Å². The first kappa shape index (κ1) is 21.0. The highest BCUT2D eigenvalue weighted by molar-refractivity contribution is 5.96. The zero-order valence-corrected chi connectivity index (χ0v) is 17.2. The normalized spacial score (nSPS) is 14.7. The van der Waals surface area contributed by atoms with Crippen LogP contribution in [0, 0.1) is 25.6 Å². The van der Waals surface area contributed by atoms with Gasteiger partial charge in [0.1, 0.15) is 11.5 Å². The Kier molecular flexibility index (Phi) is 6.67. The predicted molar refractivity (Wildman–Crippen MR) is 109 cm³/mol. The summed E-state index contributed by atoms with van der Waals surface area (Å²) in [6, 6.07) is 6.19. The summed E-state index contributed by atoms with van der Waals surface area (Å²) in [6.07, 6.45) is 6.85. The molecular formula is C22H29FN4O2. The molecule has 3 rings (SSSR count). The van der Waals surface area contributed by atoms with Crippen molar-refractivity contribution in [1.82, 2.24) is 14.7 Å². The molecule has 0 unspecified atom stereocenters. The summed E-state index contributed by atoms with van der Waals surface area (Å²) < 4.78 is 16.3. The minimum absolute atomic E-state index is 0.160. The number of hydrogen-bond acceptors (Lipinski definition) is 3. The van der Waals surface area contributed by atoms with E-state index >= 15 is 0 Å². The van der Waals surface area contributed by atoms with Crippen LogP contribution < -0.4 is 5.73 Å². The Balaban J connectivity index is 1.76. The molecule has 1 aliphatic carbocycles. The Morgan fingerprint density at radius 1 is 1.21 bits per heavy atom. The molecule has 2 aromatic rings. The molecule has 1 aromatic heterocycles. The standard InChI is InChI=1S/C22H29FN4O2/c1-15-12-16(2)27(25-15)20-9-8-18(13-19(20)23)22(29)26(14-21(24)28)11-10-17-6-4-3-5-7-17/h8-9,12-13,17H,3-7,10-11,14H2,1-2H3,(H2,24,28). The zero-order valence-electron chi connectivity index (χ0n) is 17.2. The van der Waals surface area contributed by atoms with Gasteiger partial charge in [0.25, 0.3) is 5.91 Å². The quantitative estimate of drug-likeness (QED) is 0.772. The summed E-state index contributed by atoms with van der Waals surface area (Å²) in [5.74, 6) is -0.912. The third-order valence-corrected chi connectivity index (χ3v) is 5.60. The van der Waals surface area contributed by atoms with Gasteiger partial charge in [0.2, 0.25) is 5.91 Å². The van der Waals surface area contributed by atoms with Gasteiger partial charge < -0.3 is 10.6 Å². The van der Waals surface area contributed by atoms with Gasteiger partial charge in [-0.1, -0.05) is 32.1 Å². The Bertz CT molecular complexity index is 887. The van der Waals surface area contributed by atoms with E-state index in [-0.39, 0.29) is 23.7 Å². The van der Waals surface area contributed by atoms with Crippen LogP contribution in [0.2, 0.25) is 0 Å². The first-order valence-corrected chi connectivity index (χ1v) is 10.3. The number of aromatic nitrogens is 2. The number of hydrogen-bond donors (Lipinski definition) is 1. The monoisotopic (exact) mass is 400 g/mol. The number of aryl methyl sites for hydroxylation is 2. The molecule has 1 fully saturated rings. The molecule has 29 heavy (non-hydrogen) atoms. The highest BCUT2D eigenvalue weighted by atomic mass is 19.1. The highest BCUT2D eigenvalue weighted by Gasteiger charge is 2.22. The fourth-order valence-corrected chi connectivity index (χ4v) is 4.12. The van der Waals surface area contributed by atoms with Crippen LogP contribution in [0.4, 0.5) is 4.39 Å². The Morgan fingerprint density at radius 2 is 1.93 bits per heavy atom. The van der Waals surface area contributed by atoms with Crippen molar-refractivity contribution in [2.75, 3.05) is 13.1 Å². The largest absolute Gasteiger partial charge is 0.368 e. The fraction of sp³-hybridized carbons (Fsp3) is 0.500. The van der Waals surface area contributed by atoms with Crippen molar-refractivity contribution in [3.05, 3.63) is 47.0 Å². The van der Waals surface area contributed by atoms with Gasteiger partial charge in [-0.2, -0.15) is 5.10 Å². The molecule has 2 amide bonds. The van der Waals surface area contributed by atoms with Crippen molar-refractivity contribution in [2.45, 2.75) is 52.4 Å². The smallest absolute Gasteiger partial charge is 0.254 e. The number of nitrogens with zero attached hydrogens (tertiary/aromatic N) is 3. The van der Waals surface area contributed by atoms with Crippen LogP contribution in [0.15, 0.2) is 24.3 Å². The average Bonchev–Trinajstić information content (AvgIpc) is 3.02. The van der Waals surface area contributed by atoms with E-state index in [1.807, 2.05) is 19.9 Å². The Morgan fingerprint density at radius 3 is 2.52 bits per heavy atom. The third kappa shape index (κ3) is 5.22. The lowest BCUT2D eigenvalue weighted by Gasteiger charge is -2.26. The molecular weight excluding hydrogens is 371 g/mol. The minimum atomic E-state index is -0.568. The molecule has 156 valence electrons. The van der Waals surface area contributed by atoms with E-state index in [9.17, 15) is 14.0 Å². The molecule has 1 saturated carbocycles. The molecule has 0 saturated heterocycles. The fourth-order valence-electron chi connectivity index (χ4n) is 4.12. The van der Waals surface area contributed by atoms with E-state index in [4.69, 9.17) is 5.73 Å². The van der Waals surface area contributed by atoms with Crippen LogP contribution in [0.25, 0.3) is 5.69 Å². The number of carbonyl (C=O) groups is 2. The van der Waals surface area contributed by atoms with Gasteiger partial charge in [0.05, 0.1) is 12.2 Å². The summed E-state index contributed by atoms with van der Waals surface area (Å²) in [6.45, 7) is 3.98. The minimum Gasteiger partial charge on any atom is -0.368 e. The summed E-state index contributed by atoms with van der Waals surface area (Å²) in [7, 11) is 0. The van der Waals surface area contributed by atoms with Crippen LogP contribution in [0.3, 0.4) is 0 Å². The van der Waals surface area contributed by atoms with Crippen LogP contribution >= 0.6 is 0 Å². The van der Waals surface area contributed by atoms with Crippen molar-refractivity contribution in [1.29, 1.82) is 0 Å². The van der Waals surface area contributed by atoms with Gasteiger partial charge in [-0.15, -0.1) is 0 Å². The van der Waals surface area contributed by atoms with Gasteiger partial charge in [0, 0.05) is 17.8 Å². The maximum atomic E-state index is 14.8. The maximum absolute atomic E-state index is 14.8. The molecule has 0 aliphatic heterocycles. The van der Waals surface area contributed by atoms with Crippen molar-refractivity contribution in [3.63, 3.8) is 0 Å². The van der Waals surface area contributed by atoms with Crippen LogP contribution in [-0.2, 0) is 4.79 Å². The average molecular weight is 400 g/mol. The molecule has 0 atom stereocenters. The van der Waals surface area contributed by atoms with Crippen LogP contribution in [-0.4, -0.2) is 39.6 Å². The van der Waals surface area contributed by atoms with Crippen molar-refractivity contribution >= 4 is 11.8 Å². The topological polar surface area (TPSA) is 81.2 Å². The predicted octanol–water partition coefficient (Wildman–Crippen LogP) is 3.53. The molecule has 0 spiro atoms. The maximum Gasteiger partial charge on any atom is 0.254 e. The summed E-state index contributed by atoms with van der Waals surface area (Å²) in [5.41, 5.74) is 7.44. The summed E-state index contributed by atoms with van der Waals surface area (Å²) in [4.78, 5) is 25.9. The number of primary amides is 1. The Hall–Kier alpha value is -2.70. The molecule has 1 aromatic carbocycles. The molecule has 1 heterocycles. The second kappa shape index (κ2) is 9.20. The third-order valence-electron chi connectivity index (χ3n) is 5.60. The van der Waals surface area contributed by atoms with Crippen molar-refractivity contribution < 1.29 is 14.0 Å². The lowest BCUT2D eigenvalue weighted by molar-refractivity contribution is -0.118. The lowest BCUT2D eigenvalue weighted by Crippen LogP contribution is -2.39. The number of amides is 2. The van der Waals surface area contributed by atoms with E-state index in [0.29, 0.717) is 12.5 Å². The lowest BCUT2D eigenvalue weighted by atomic mass is 9.87. The van der Waals surface area contributed by atoms with E-state index in [1.165, 1.54) is 34.9 Å². The number of carbonyl (C=O) groups excluding carboxylic acids is 2. The van der Waals surface area contributed by atoms with Crippen molar-refractivity contribution in [2.24, 2.45) is 11.7 Å². The number of benzene rings is 1. The Labute approximate surface area is 170 Å². The highest BCUT2D eigenvalue weighted by Crippen LogP contribution is 2.27. The second-order valence-corrected chi connectivity index (χ2v) is 7.99. The van der Waals surface area contributed by atoms with Gasteiger partial charge in [-0.3, -0.25) is 9.59 Å². The van der Waals surface area contributed by atoms with Gasteiger partial charge >= 0.3 is 0 Å². The summed E-state index contributed by atoms with van der Waals surface area (Å²) in [5, 5.41) is 4.29. The molecule has 6 nitrogen and oxygen atoms in total. The molecule has 0 radical (unpaired) electrons. The first-order chi connectivity index (χ1) is 13.8. The summed E-state index contributed by atoms with van der Waals surface area (Å²) >= 11 is 0. The molecule has 0 bridgehead atoms. The van der Waals surface area contributed by atoms with Gasteiger partial charge in [0.15, 0.2) is 0 Å². The number of rotatable bonds is 7. The van der Waals surface area contributed by atoms with E-state index in [2.05, 4.69) is 5.10 Å². The SMILES string of the molecule is Cc1cc(C)n(-c2ccc(C(=O)N(CCC3CCCCC3)CC(N)=O)cc2F)n1. The van der Waals surface area contributed by atoms with Crippen LogP contribution in [0.5, 0.6) is 0 Å². The molecule has 2 N–H and O–H groups in total. The van der Waals surface area contributed by atoms with Crippen molar-refractivity contribution in [3.8, 4) is 5.69 Å². The van der Waals surface area contributed by atoms with E-state index in [1.54, 1.807) is 12.1 Å². The molecule has 1 aliphatic rings. The second-order valence-electron chi connectivity index (χ2n) is 7.99. The van der Waals surface area contributed by atoms with Gasteiger partial charge in [-0.25, -0.2) is 9.07 Å². The van der Waals surface area contributed by atoms with E-state index in [0.717, 1.165) is 30.7 Å². The zero-order chi connectivity index (χ0) is 21.0. The number of nitrogens with two attached hydrogens (primary N) is 1. The first-order valence-electron chi connectivity index (χ1n) is 10.3.